The summed E-state index contributed by atoms with van der Waals surface area (Å²) >= 11 is 0. The molecule has 1 heterocycles. The van der Waals surface area contributed by atoms with Crippen molar-refractivity contribution in [1.29, 1.82) is 0 Å². The zero-order chi connectivity index (χ0) is 16.1. The summed E-state index contributed by atoms with van der Waals surface area (Å²) in [6, 6.07) is -0.460. The van der Waals surface area contributed by atoms with Crippen LogP contribution in [0.5, 0.6) is 0 Å². The Balaban J connectivity index is 2.13. The van der Waals surface area contributed by atoms with Crippen molar-refractivity contribution in [3.63, 3.8) is 0 Å². The van der Waals surface area contributed by atoms with E-state index in [2.05, 4.69) is 0 Å². The van der Waals surface area contributed by atoms with E-state index in [0.29, 0.717) is 6.42 Å². The average Bonchev–Trinajstić information content (AvgIpc) is 2.97. The van der Waals surface area contributed by atoms with Crippen molar-refractivity contribution < 1.29 is 24.2 Å². The zero-order valence-electron chi connectivity index (χ0n) is 12.6. The summed E-state index contributed by atoms with van der Waals surface area (Å²) in [5.41, 5.74) is 0.746. The van der Waals surface area contributed by atoms with E-state index >= 15 is 0 Å². The first-order valence-electron chi connectivity index (χ1n) is 7.00. The summed E-state index contributed by atoms with van der Waals surface area (Å²) < 4.78 is 10.1. The number of Topliss-reactive ketones (excluding diaryl/α,β-unsaturated/α-hetero) is 1. The van der Waals surface area contributed by atoms with E-state index in [1.807, 2.05) is 0 Å². The number of hydrogen-bond acceptors (Lipinski definition) is 5. The summed E-state index contributed by atoms with van der Waals surface area (Å²) in [7, 11) is 2.86. The molecule has 2 rings (SSSR count). The van der Waals surface area contributed by atoms with Crippen LogP contribution in [0.2, 0.25) is 0 Å². The van der Waals surface area contributed by atoms with Gasteiger partial charge in [-0.2, -0.15) is 0 Å². The minimum Gasteiger partial charge on any atom is -0.492 e. The van der Waals surface area contributed by atoms with Gasteiger partial charge in [0.1, 0.15) is 6.04 Å². The van der Waals surface area contributed by atoms with Crippen LogP contribution in [-0.2, 0) is 19.1 Å². The van der Waals surface area contributed by atoms with Crippen LogP contribution in [0.3, 0.4) is 0 Å². The van der Waals surface area contributed by atoms with Crippen molar-refractivity contribution in [2.24, 2.45) is 0 Å². The molecule has 0 aromatic carbocycles. The second-order valence-electron chi connectivity index (χ2n) is 5.00. The first kappa shape index (κ1) is 15.9. The van der Waals surface area contributed by atoms with Crippen molar-refractivity contribution in [2.45, 2.75) is 18.9 Å². The first-order valence-corrected chi connectivity index (χ1v) is 7.00. The Kier molecular flexibility index (Phi) is 5.04. The molecule has 0 aromatic heterocycles. The van der Waals surface area contributed by atoms with E-state index in [9.17, 15) is 9.59 Å². The number of carboxylic acids is 1. The number of aliphatic carboxylic acids is 1. The van der Waals surface area contributed by atoms with Crippen molar-refractivity contribution in [2.75, 3.05) is 20.8 Å². The number of allylic oxidation sites excluding steroid dienone is 5. The fourth-order valence-corrected chi connectivity index (χ4v) is 2.49. The van der Waals surface area contributed by atoms with E-state index < -0.39 is 12.0 Å². The lowest BCUT2D eigenvalue weighted by molar-refractivity contribution is -0.141. The van der Waals surface area contributed by atoms with Gasteiger partial charge in [0.2, 0.25) is 0 Å². The van der Waals surface area contributed by atoms with Crippen molar-refractivity contribution >= 4 is 11.8 Å². The largest absolute Gasteiger partial charge is 0.492 e. The average molecular weight is 305 g/mol. The van der Waals surface area contributed by atoms with Crippen LogP contribution in [0.1, 0.15) is 12.8 Å². The molecule has 22 heavy (non-hydrogen) atoms. The Bertz CT molecular complexity index is 559. The van der Waals surface area contributed by atoms with E-state index in [0.717, 1.165) is 18.5 Å². The second kappa shape index (κ2) is 6.98. The third kappa shape index (κ3) is 3.39. The molecule has 6 heteroatoms. The molecule has 0 spiro atoms. The predicted octanol–water partition coefficient (Wildman–Crippen LogP) is 1.62. The van der Waals surface area contributed by atoms with Crippen LogP contribution < -0.4 is 0 Å². The maximum Gasteiger partial charge on any atom is 0.326 e. The lowest BCUT2D eigenvalue weighted by Crippen LogP contribution is -2.31. The molecule has 2 aliphatic rings. The molecule has 1 atom stereocenters. The van der Waals surface area contributed by atoms with E-state index in [1.165, 1.54) is 14.2 Å². The van der Waals surface area contributed by atoms with Gasteiger partial charge in [0.05, 0.1) is 14.2 Å². The summed E-state index contributed by atoms with van der Waals surface area (Å²) in [4.78, 5) is 24.7. The highest BCUT2D eigenvalue weighted by atomic mass is 16.5. The molecule has 1 aliphatic carbocycles. The van der Waals surface area contributed by atoms with Crippen molar-refractivity contribution in [1.82, 2.24) is 4.90 Å². The van der Waals surface area contributed by atoms with Gasteiger partial charge < -0.3 is 19.5 Å². The number of methoxy groups -OCH3 is 2. The molecule has 0 radical (unpaired) electrons. The van der Waals surface area contributed by atoms with Crippen LogP contribution in [0, 0.1) is 0 Å². The van der Waals surface area contributed by atoms with Gasteiger partial charge in [0.25, 0.3) is 5.78 Å². The smallest absolute Gasteiger partial charge is 0.326 e. The van der Waals surface area contributed by atoms with E-state index in [-0.39, 0.29) is 17.3 Å². The molecule has 118 valence electrons. The highest BCUT2D eigenvalue weighted by Gasteiger charge is 2.27. The highest BCUT2D eigenvalue weighted by molar-refractivity contribution is 6.07. The number of likely N-dealkylation sites (tertiary alicyclic amines) is 1. The number of carbonyl (C=O) groups is 2. The van der Waals surface area contributed by atoms with Gasteiger partial charge in [-0.1, -0.05) is 6.08 Å². The third-order valence-corrected chi connectivity index (χ3v) is 3.63. The number of ether oxygens (including phenoxy) is 2. The lowest BCUT2D eigenvalue weighted by Gasteiger charge is -2.18. The third-order valence-electron chi connectivity index (χ3n) is 3.63. The Morgan fingerprint density at radius 1 is 1.32 bits per heavy atom. The maximum absolute atomic E-state index is 11.8. The minimum atomic E-state index is -0.804. The predicted molar refractivity (Wildman–Crippen MR) is 79.8 cm³/mol. The molecule has 1 saturated heterocycles. The van der Waals surface area contributed by atoms with Crippen LogP contribution in [0.4, 0.5) is 0 Å². The molecule has 0 aromatic rings. The number of carbonyl (C=O) groups excluding carboxylic acids is 1. The van der Waals surface area contributed by atoms with Gasteiger partial charge in [-0.15, -0.1) is 0 Å². The molecule has 6 nitrogen and oxygen atoms in total. The number of ketones is 1. The van der Waals surface area contributed by atoms with Gasteiger partial charge in [-0.3, -0.25) is 4.79 Å². The van der Waals surface area contributed by atoms with Crippen molar-refractivity contribution in [3.05, 3.63) is 47.6 Å². The molecule has 1 fully saturated rings. The zero-order valence-corrected chi connectivity index (χ0v) is 12.6. The van der Waals surface area contributed by atoms with Crippen LogP contribution in [0.15, 0.2) is 47.6 Å². The number of nitrogens with zero attached hydrogens (tertiary/aromatic N) is 1. The second-order valence-corrected chi connectivity index (χ2v) is 5.00. The monoisotopic (exact) mass is 305 g/mol. The van der Waals surface area contributed by atoms with E-state index in [4.69, 9.17) is 14.6 Å². The van der Waals surface area contributed by atoms with Crippen LogP contribution in [-0.4, -0.2) is 48.6 Å². The van der Waals surface area contributed by atoms with Gasteiger partial charge in [0, 0.05) is 6.54 Å². The Labute approximate surface area is 129 Å². The fraction of sp³-hybridized carbons (Fsp3) is 0.375. The van der Waals surface area contributed by atoms with Crippen molar-refractivity contribution in [3.8, 4) is 0 Å². The van der Waals surface area contributed by atoms with Crippen LogP contribution in [0.25, 0.3) is 0 Å². The molecule has 1 unspecified atom stereocenters. The van der Waals surface area contributed by atoms with E-state index in [1.54, 1.807) is 35.4 Å². The summed E-state index contributed by atoms with van der Waals surface area (Å²) in [5.74, 6) is -0.676. The number of hydrogen-bond donors (Lipinski definition) is 1. The standard InChI is InChI=1S/C16H19NO5/c1-21-13-9-11(10-14(22-2)15(13)18)5-3-7-17-8-4-6-12(17)16(19)20/h3,5,7,9-10,12H,4,6,8H2,1-2H3,(H,19,20). The number of rotatable bonds is 5. The fourth-order valence-electron chi connectivity index (χ4n) is 2.49. The highest BCUT2D eigenvalue weighted by Crippen LogP contribution is 2.21. The molecule has 0 bridgehead atoms. The summed E-state index contributed by atoms with van der Waals surface area (Å²) in [6.07, 6.45) is 10.1. The topological polar surface area (TPSA) is 76.1 Å². The molecular formula is C16H19NO5. The summed E-state index contributed by atoms with van der Waals surface area (Å²) in [5, 5.41) is 9.11. The first-order chi connectivity index (χ1) is 10.6. The van der Waals surface area contributed by atoms with Gasteiger partial charge >= 0.3 is 5.97 Å². The molecule has 0 amide bonds. The quantitative estimate of drug-likeness (QED) is 0.832. The normalized spacial score (nSPS) is 21.7. The number of carboxylic acid groups (broad SMARTS) is 1. The molecule has 0 saturated carbocycles. The molecular weight excluding hydrogens is 286 g/mol. The van der Waals surface area contributed by atoms with Gasteiger partial charge in [-0.05, 0) is 42.8 Å². The minimum absolute atomic E-state index is 0.212. The SMILES string of the molecule is COC1=CC(=CC=CN2CCCC2C(=O)O)C=C(OC)C1=O. The van der Waals surface area contributed by atoms with Crippen LogP contribution >= 0.6 is 0 Å². The lowest BCUT2D eigenvalue weighted by atomic mass is 10.1. The Morgan fingerprint density at radius 2 is 1.95 bits per heavy atom. The summed E-state index contributed by atoms with van der Waals surface area (Å²) in [6.45, 7) is 0.730. The van der Waals surface area contributed by atoms with Gasteiger partial charge in [0.15, 0.2) is 11.5 Å². The molecule has 1 N–H and O–H groups in total. The Morgan fingerprint density at radius 3 is 2.50 bits per heavy atom. The maximum atomic E-state index is 11.8. The Hall–Kier alpha value is -2.50. The molecule has 1 aliphatic heterocycles. The van der Waals surface area contributed by atoms with Gasteiger partial charge in [-0.25, -0.2) is 4.79 Å².